The predicted molar refractivity (Wildman–Crippen MR) is 139 cm³/mol. The molecule has 0 saturated heterocycles. The minimum Gasteiger partial charge on any atom is -0.393 e. The fraction of sp³-hybridized carbons (Fsp3) is 0.700. The minimum atomic E-state index is -0.635. The second-order valence-electron chi connectivity index (χ2n) is 11.5. The summed E-state index contributed by atoms with van der Waals surface area (Å²) in [5, 5.41) is 20.2. The molecule has 3 aliphatic rings. The molecule has 3 nitrogen and oxygen atoms in total. The van der Waals surface area contributed by atoms with Gasteiger partial charge in [-0.05, 0) is 78.9 Å². The normalized spacial score (nSPS) is 36.0. The molecule has 2 N–H and O–H groups in total. The maximum Gasteiger partial charge on any atom is 0.160 e. The fourth-order valence-corrected chi connectivity index (χ4v) is 6.23. The molecule has 3 saturated carbocycles. The summed E-state index contributed by atoms with van der Waals surface area (Å²) in [6, 6.07) is 0. The summed E-state index contributed by atoms with van der Waals surface area (Å²) in [4.78, 5) is 12.4. The van der Waals surface area contributed by atoms with Crippen molar-refractivity contribution in [3.05, 3.63) is 47.6 Å². The van der Waals surface area contributed by atoms with Crippen LogP contribution < -0.4 is 0 Å². The Bertz CT molecular complexity index is 794. The van der Waals surface area contributed by atoms with E-state index in [1.165, 1.54) is 31.3 Å². The Balaban J connectivity index is 0.00000187. The number of hydrogen-bond donors (Lipinski definition) is 2. The monoisotopic (exact) mass is 456 g/mol. The lowest BCUT2D eigenvalue weighted by Crippen LogP contribution is -2.35. The molecular formula is C30H48O3. The Hall–Kier alpha value is -1.45. The van der Waals surface area contributed by atoms with Crippen molar-refractivity contribution in [1.82, 2.24) is 0 Å². The number of ketones is 1. The number of allylic oxidation sites excluding steroid dienone is 5. The maximum absolute atomic E-state index is 12.4. The van der Waals surface area contributed by atoms with Gasteiger partial charge in [-0.1, -0.05) is 78.8 Å². The molecule has 3 aliphatic carbocycles. The minimum absolute atomic E-state index is 0.201. The third-order valence-electron chi connectivity index (χ3n) is 8.23. The smallest absolute Gasteiger partial charge is 0.160 e. The highest BCUT2D eigenvalue weighted by molar-refractivity contribution is 5.93. The van der Waals surface area contributed by atoms with Crippen LogP contribution >= 0.6 is 0 Å². The van der Waals surface area contributed by atoms with E-state index in [9.17, 15) is 15.0 Å². The van der Waals surface area contributed by atoms with Crippen LogP contribution in [0.5, 0.6) is 0 Å². The van der Waals surface area contributed by atoms with Crippen molar-refractivity contribution in [2.24, 2.45) is 28.6 Å². The van der Waals surface area contributed by atoms with Crippen LogP contribution in [0.25, 0.3) is 0 Å². The predicted octanol–water partition coefficient (Wildman–Crippen LogP) is 6.96. The third kappa shape index (κ3) is 6.36. The molecule has 0 aromatic heterocycles. The van der Waals surface area contributed by atoms with Crippen molar-refractivity contribution in [3.8, 4) is 0 Å². The van der Waals surface area contributed by atoms with Gasteiger partial charge in [-0.25, -0.2) is 0 Å². The Morgan fingerprint density at radius 3 is 2.48 bits per heavy atom. The summed E-state index contributed by atoms with van der Waals surface area (Å²) in [5.41, 5.74) is 3.19. The highest BCUT2D eigenvalue weighted by Gasteiger charge is 2.50. The van der Waals surface area contributed by atoms with E-state index in [2.05, 4.69) is 38.7 Å². The maximum atomic E-state index is 12.4. The van der Waals surface area contributed by atoms with Crippen LogP contribution in [0.2, 0.25) is 0 Å². The van der Waals surface area contributed by atoms with Gasteiger partial charge in [0.2, 0.25) is 0 Å². The Labute approximate surface area is 202 Å². The quantitative estimate of drug-likeness (QED) is 0.450. The van der Waals surface area contributed by atoms with Gasteiger partial charge in [0.05, 0.1) is 12.2 Å². The van der Waals surface area contributed by atoms with Crippen LogP contribution in [0.3, 0.4) is 0 Å². The van der Waals surface area contributed by atoms with Crippen LogP contribution in [0, 0.1) is 28.6 Å². The van der Waals surface area contributed by atoms with E-state index in [4.69, 9.17) is 0 Å². The second kappa shape index (κ2) is 11.3. The molecule has 33 heavy (non-hydrogen) atoms. The number of carbonyl (C=O) groups excluding carboxylic acids is 1. The van der Waals surface area contributed by atoms with Crippen molar-refractivity contribution in [2.75, 3.05) is 0 Å². The average molecular weight is 457 g/mol. The molecule has 0 bridgehead atoms. The first-order chi connectivity index (χ1) is 15.4. The molecule has 3 fully saturated rings. The number of hydrogen-bond acceptors (Lipinski definition) is 3. The molecule has 6 atom stereocenters. The second-order valence-corrected chi connectivity index (χ2v) is 11.5. The lowest BCUT2D eigenvalue weighted by Gasteiger charge is -2.44. The molecule has 1 unspecified atom stereocenters. The zero-order valence-electron chi connectivity index (χ0n) is 22.2. The zero-order valence-corrected chi connectivity index (χ0v) is 22.2. The molecular weight excluding hydrogens is 408 g/mol. The van der Waals surface area contributed by atoms with E-state index in [1.807, 2.05) is 40.7 Å². The van der Waals surface area contributed by atoms with Gasteiger partial charge in [0.25, 0.3) is 0 Å². The lowest BCUT2D eigenvalue weighted by atomic mass is 9.61. The number of aliphatic hydroxyl groups excluding tert-OH is 2. The summed E-state index contributed by atoms with van der Waals surface area (Å²) < 4.78 is 0. The molecule has 0 amide bonds. The van der Waals surface area contributed by atoms with Gasteiger partial charge in [-0.3, -0.25) is 4.79 Å². The first-order valence-corrected chi connectivity index (χ1v) is 13.1. The SMILES string of the molecule is C=C1/C(=C\C=C2/CCC[C@]3(C)[C@@H]([C@H](C)/C=C/C(=O)C(C)(C)C)CC[C@@H]23)C[C@@H](O)CC1O.CC. The van der Waals surface area contributed by atoms with E-state index >= 15 is 0 Å². The summed E-state index contributed by atoms with van der Waals surface area (Å²) in [6.45, 7) is 18.7. The number of fused-ring (bicyclic) bond motifs is 1. The van der Waals surface area contributed by atoms with Crippen molar-refractivity contribution in [3.63, 3.8) is 0 Å². The Morgan fingerprint density at radius 2 is 1.85 bits per heavy atom. The lowest BCUT2D eigenvalue weighted by molar-refractivity contribution is -0.121. The Kier molecular flexibility index (Phi) is 9.53. The molecule has 3 heteroatoms. The van der Waals surface area contributed by atoms with E-state index in [-0.39, 0.29) is 16.6 Å². The summed E-state index contributed by atoms with van der Waals surface area (Å²) in [5.74, 6) is 1.75. The topological polar surface area (TPSA) is 57.5 Å². The molecule has 186 valence electrons. The van der Waals surface area contributed by atoms with Gasteiger partial charge in [-0.15, -0.1) is 0 Å². The van der Waals surface area contributed by atoms with Gasteiger partial charge in [0, 0.05) is 11.8 Å². The number of aliphatic hydroxyl groups is 2. The van der Waals surface area contributed by atoms with Crippen LogP contribution in [0.4, 0.5) is 0 Å². The van der Waals surface area contributed by atoms with Crippen LogP contribution in [-0.2, 0) is 4.79 Å². The molecule has 0 radical (unpaired) electrons. The van der Waals surface area contributed by atoms with Gasteiger partial charge >= 0.3 is 0 Å². The van der Waals surface area contributed by atoms with Crippen molar-refractivity contribution in [1.29, 1.82) is 0 Å². The van der Waals surface area contributed by atoms with E-state index in [0.717, 1.165) is 17.6 Å². The molecule has 0 heterocycles. The van der Waals surface area contributed by atoms with Gasteiger partial charge in [0.15, 0.2) is 5.78 Å². The van der Waals surface area contributed by atoms with Crippen LogP contribution in [0.15, 0.2) is 47.6 Å². The van der Waals surface area contributed by atoms with Gasteiger partial charge < -0.3 is 10.2 Å². The highest BCUT2D eigenvalue weighted by Crippen LogP contribution is 2.59. The van der Waals surface area contributed by atoms with Crippen molar-refractivity contribution in [2.45, 2.75) is 106 Å². The van der Waals surface area contributed by atoms with Crippen molar-refractivity contribution >= 4 is 5.78 Å². The van der Waals surface area contributed by atoms with Crippen LogP contribution in [0.1, 0.15) is 93.4 Å². The van der Waals surface area contributed by atoms with Crippen molar-refractivity contribution < 1.29 is 15.0 Å². The fourth-order valence-electron chi connectivity index (χ4n) is 6.23. The van der Waals surface area contributed by atoms with Gasteiger partial charge in [-0.2, -0.15) is 0 Å². The van der Waals surface area contributed by atoms with E-state index in [0.29, 0.717) is 30.6 Å². The van der Waals surface area contributed by atoms with E-state index in [1.54, 1.807) is 0 Å². The van der Waals surface area contributed by atoms with E-state index < -0.39 is 12.2 Å². The first kappa shape index (κ1) is 27.8. The number of carbonyl (C=O) groups is 1. The average Bonchev–Trinajstić information content (AvgIpc) is 3.11. The van der Waals surface area contributed by atoms with Crippen LogP contribution in [-0.4, -0.2) is 28.2 Å². The summed E-state index contributed by atoms with van der Waals surface area (Å²) in [7, 11) is 0. The zero-order chi connectivity index (χ0) is 25.0. The first-order valence-electron chi connectivity index (χ1n) is 13.1. The molecule has 0 spiro atoms. The largest absolute Gasteiger partial charge is 0.393 e. The molecule has 0 aromatic carbocycles. The molecule has 3 rings (SSSR count). The highest BCUT2D eigenvalue weighted by atomic mass is 16.3. The molecule has 0 aromatic rings. The molecule has 0 aliphatic heterocycles. The standard InChI is InChI=1S/C28H42O3.C2H6/c1-18(9-14-26(31)27(3,4)5)23-12-13-24-20(8-7-15-28(23,24)6)10-11-21-16-22(29)17-25(30)19(21)2;1-2/h9-11,14,18,22-25,29-30H,2,7-8,12-13,15-17H2,1,3-6H3;1-2H3/b14-9+,20-10+,21-11-;/t18-,22-,23-,24+,25?,28-;/m1./s1. The third-order valence-corrected chi connectivity index (χ3v) is 8.23. The summed E-state index contributed by atoms with van der Waals surface area (Å²) >= 11 is 0. The van der Waals surface area contributed by atoms with Gasteiger partial charge in [0.1, 0.15) is 0 Å². The Morgan fingerprint density at radius 1 is 1.18 bits per heavy atom. The number of rotatable bonds is 4. The summed E-state index contributed by atoms with van der Waals surface area (Å²) in [6.07, 6.45) is 14.2.